The average molecular weight is 532 g/mol. The van der Waals surface area contributed by atoms with Gasteiger partial charge in [0.25, 0.3) is 0 Å². The maximum absolute atomic E-state index is 11.9. The van der Waals surface area contributed by atoms with Gasteiger partial charge >= 0.3 is 0 Å². The standard InChI is InChI=1S/C10H13N3O2S.C9H13BrN2O2S/c1-10(2,3)13-16(14,15)9-5-8(11-4)6-12-7-9;1-9(2,3)12-15(13,14)8-4-7(10)5-11-6-8/h5-7,13H,1-3H3;4-6,12H,1-3H3. The van der Waals surface area contributed by atoms with Crippen molar-refractivity contribution in [3.8, 4) is 0 Å². The zero-order valence-corrected chi connectivity index (χ0v) is 21.4. The first-order chi connectivity index (χ1) is 14.0. The lowest BCUT2D eigenvalue weighted by Crippen LogP contribution is -2.40. The van der Waals surface area contributed by atoms with Crippen molar-refractivity contribution in [3.63, 3.8) is 0 Å². The summed E-state index contributed by atoms with van der Waals surface area (Å²) < 4.78 is 53.1. The summed E-state index contributed by atoms with van der Waals surface area (Å²) in [5, 5.41) is 0. The second kappa shape index (κ2) is 10.1. The van der Waals surface area contributed by atoms with Crippen LogP contribution < -0.4 is 9.44 Å². The van der Waals surface area contributed by atoms with E-state index in [-0.39, 0.29) is 15.5 Å². The molecule has 2 aromatic rings. The van der Waals surface area contributed by atoms with E-state index in [1.165, 1.54) is 36.9 Å². The van der Waals surface area contributed by atoms with Gasteiger partial charge < -0.3 is 0 Å². The van der Waals surface area contributed by atoms with E-state index in [2.05, 4.69) is 40.2 Å². The summed E-state index contributed by atoms with van der Waals surface area (Å²) in [4.78, 5) is 10.8. The summed E-state index contributed by atoms with van der Waals surface area (Å²) >= 11 is 3.18. The Labute approximate surface area is 192 Å². The van der Waals surface area contributed by atoms with Gasteiger partial charge in [0.2, 0.25) is 25.7 Å². The van der Waals surface area contributed by atoms with Gasteiger partial charge in [-0.2, -0.15) is 0 Å². The first kappa shape index (κ1) is 27.1. The second-order valence-corrected chi connectivity index (χ2v) is 12.8. The molecule has 0 saturated carbocycles. The molecule has 0 saturated heterocycles. The third kappa shape index (κ3) is 9.84. The predicted molar refractivity (Wildman–Crippen MR) is 123 cm³/mol. The van der Waals surface area contributed by atoms with Gasteiger partial charge in [0.1, 0.15) is 4.90 Å². The highest BCUT2D eigenvalue weighted by Crippen LogP contribution is 2.18. The number of hydrogen-bond acceptors (Lipinski definition) is 6. The van der Waals surface area contributed by atoms with Gasteiger partial charge in [0, 0.05) is 40.3 Å². The van der Waals surface area contributed by atoms with Crippen LogP contribution in [0.1, 0.15) is 41.5 Å². The number of nitrogens with one attached hydrogen (secondary N) is 2. The van der Waals surface area contributed by atoms with Crippen molar-refractivity contribution in [1.29, 1.82) is 0 Å². The fraction of sp³-hybridized carbons (Fsp3) is 0.421. The quantitative estimate of drug-likeness (QED) is 0.580. The van der Waals surface area contributed by atoms with Crippen molar-refractivity contribution < 1.29 is 16.8 Å². The van der Waals surface area contributed by atoms with Crippen LogP contribution in [-0.2, 0) is 20.0 Å². The summed E-state index contributed by atoms with van der Waals surface area (Å²) in [6, 6.07) is 2.81. The molecule has 0 aliphatic heterocycles. The molecule has 0 bridgehead atoms. The molecular formula is C19H26BrN5O4S2. The molecule has 31 heavy (non-hydrogen) atoms. The molecule has 2 heterocycles. The molecule has 170 valence electrons. The van der Waals surface area contributed by atoms with E-state index in [0.717, 1.165) is 0 Å². The highest BCUT2D eigenvalue weighted by Gasteiger charge is 2.23. The third-order valence-electron chi connectivity index (χ3n) is 3.01. The molecule has 2 N–H and O–H groups in total. The monoisotopic (exact) mass is 531 g/mol. The van der Waals surface area contributed by atoms with E-state index in [9.17, 15) is 16.8 Å². The summed E-state index contributed by atoms with van der Waals surface area (Å²) in [6.45, 7) is 17.4. The van der Waals surface area contributed by atoms with Crippen LogP contribution in [-0.4, -0.2) is 37.9 Å². The summed E-state index contributed by atoms with van der Waals surface area (Å²) in [5.41, 5.74) is -0.856. The summed E-state index contributed by atoms with van der Waals surface area (Å²) in [6.07, 6.45) is 5.40. The molecule has 2 rings (SSSR count). The fourth-order valence-corrected chi connectivity index (χ4v) is 5.40. The first-order valence-corrected chi connectivity index (χ1v) is 12.7. The van der Waals surface area contributed by atoms with Gasteiger partial charge in [-0.15, -0.1) is 0 Å². The highest BCUT2D eigenvalue weighted by atomic mass is 79.9. The molecule has 0 radical (unpaired) electrons. The van der Waals surface area contributed by atoms with Crippen LogP contribution in [0.2, 0.25) is 0 Å². The van der Waals surface area contributed by atoms with Crippen molar-refractivity contribution in [2.24, 2.45) is 0 Å². The van der Waals surface area contributed by atoms with Crippen LogP contribution in [0.5, 0.6) is 0 Å². The van der Waals surface area contributed by atoms with Crippen LogP contribution >= 0.6 is 15.9 Å². The molecule has 0 unspecified atom stereocenters. The van der Waals surface area contributed by atoms with E-state index >= 15 is 0 Å². The van der Waals surface area contributed by atoms with Gasteiger partial charge in [-0.05, 0) is 69.6 Å². The Morgan fingerprint density at radius 2 is 1.23 bits per heavy atom. The maximum atomic E-state index is 11.9. The number of sulfonamides is 2. The smallest absolute Gasteiger partial charge is 0.242 e. The fourth-order valence-electron chi connectivity index (χ4n) is 2.08. The molecule has 9 nitrogen and oxygen atoms in total. The van der Waals surface area contributed by atoms with Gasteiger partial charge in [-0.3, -0.25) is 9.97 Å². The molecule has 0 aromatic carbocycles. The Morgan fingerprint density at radius 3 is 1.61 bits per heavy atom. The number of aromatic nitrogens is 2. The van der Waals surface area contributed by atoms with Crippen LogP contribution in [0.15, 0.2) is 51.2 Å². The number of hydrogen-bond donors (Lipinski definition) is 2. The topological polar surface area (TPSA) is 122 Å². The Morgan fingerprint density at radius 1 is 0.806 bits per heavy atom. The number of pyridine rings is 2. The first-order valence-electron chi connectivity index (χ1n) is 8.96. The average Bonchev–Trinajstić information content (AvgIpc) is 2.58. The van der Waals surface area contributed by atoms with Crippen molar-refractivity contribution in [1.82, 2.24) is 19.4 Å². The van der Waals surface area contributed by atoms with E-state index in [1.54, 1.807) is 41.5 Å². The maximum Gasteiger partial charge on any atom is 0.242 e. The van der Waals surface area contributed by atoms with Crippen LogP contribution in [0.4, 0.5) is 5.69 Å². The van der Waals surface area contributed by atoms with E-state index in [1.807, 2.05) is 0 Å². The molecule has 0 amide bonds. The van der Waals surface area contributed by atoms with Gasteiger partial charge in [-0.25, -0.2) is 31.1 Å². The van der Waals surface area contributed by atoms with Crippen LogP contribution in [0, 0.1) is 6.57 Å². The normalized spacial score (nSPS) is 12.5. The number of nitrogens with zero attached hydrogens (tertiary/aromatic N) is 3. The molecule has 2 aromatic heterocycles. The molecular weight excluding hydrogens is 506 g/mol. The lowest BCUT2D eigenvalue weighted by Gasteiger charge is -2.20. The van der Waals surface area contributed by atoms with E-state index in [0.29, 0.717) is 4.47 Å². The van der Waals surface area contributed by atoms with Crippen molar-refractivity contribution in [2.75, 3.05) is 0 Å². The Kier molecular flexibility index (Phi) is 8.87. The Balaban J connectivity index is 0.000000311. The van der Waals surface area contributed by atoms with Crippen molar-refractivity contribution in [2.45, 2.75) is 62.4 Å². The summed E-state index contributed by atoms with van der Waals surface area (Å²) in [7, 11) is -7.09. The SMILES string of the molecule is CC(C)(C)NS(=O)(=O)c1cncc(Br)c1.[C-]#[N+]c1cncc(S(=O)(=O)NC(C)(C)C)c1. The third-order valence-corrected chi connectivity index (χ3v) is 6.89. The minimum Gasteiger partial charge on any atom is -0.275 e. The molecule has 12 heteroatoms. The molecule has 0 atom stereocenters. The highest BCUT2D eigenvalue weighted by molar-refractivity contribution is 9.10. The summed E-state index contributed by atoms with van der Waals surface area (Å²) in [5.74, 6) is 0. The minimum absolute atomic E-state index is 0.0101. The van der Waals surface area contributed by atoms with Crippen molar-refractivity contribution in [3.05, 3.63) is 52.8 Å². The Hall–Kier alpha value is -1.91. The second-order valence-electron chi connectivity index (χ2n) is 8.54. The van der Waals surface area contributed by atoms with Gasteiger partial charge in [0.15, 0.2) is 0 Å². The van der Waals surface area contributed by atoms with Crippen LogP contribution in [0.25, 0.3) is 4.85 Å². The Bertz CT molecular complexity index is 1160. The van der Waals surface area contributed by atoms with Gasteiger partial charge in [0.05, 0.1) is 11.5 Å². The van der Waals surface area contributed by atoms with E-state index in [4.69, 9.17) is 6.57 Å². The molecule has 0 aliphatic rings. The van der Waals surface area contributed by atoms with Crippen molar-refractivity contribution >= 4 is 41.7 Å². The lowest BCUT2D eigenvalue weighted by molar-refractivity contribution is 0.489. The molecule has 0 fully saturated rings. The zero-order chi connectivity index (χ0) is 24.1. The number of halogens is 1. The van der Waals surface area contributed by atoms with Gasteiger partial charge in [-0.1, -0.05) is 0 Å². The van der Waals surface area contributed by atoms with Crippen LogP contribution in [0.3, 0.4) is 0 Å². The molecule has 0 aliphatic carbocycles. The molecule has 0 spiro atoms. The van der Waals surface area contributed by atoms with E-state index < -0.39 is 31.1 Å². The zero-order valence-electron chi connectivity index (χ0n) is 18.1. The largest absolute Gasteiger partial charge is 0.275 e. The lowest BCUT2D eigenvalue weighted by atomic mass is 10.1. The minimum atomic E-state index is -3.61. The number of rotatable bonds is 4. The predicted octanol–water partition coefficient (Wildman–Crippen LogP) is 3.63.